The molecule has 0 saturated carbocycles. The summed E-state index contributed by atoms with van der Waals surface area (Å²) in [5, 5.41) is 51.5. The summed E-state index contributed by atoms with van der Waals surface area (Å²) in [6.07, 6.45) is -32.5. The summed E-state index contributed by atoms with van der Waals surface area (Å²) < 4.78 is 222. The minimum atomic E-state index is -5.19. The third-order valence-electron chi connectivity index (χ3n) is 5.36. The second-order valence-corrected chi connectivity index (χ2v) is 11.3. The largest absolute Gasteiger partial charge is 0.542 e. The van der Waals surface area contributed by atoms with Crippen LogP contribution < -0.4 is 33.0 Å². The highest BCUT2D eigenvalue weighted by Gasteiger charge is 2.41. The van der Waals surface area contributed by atoms with E-state index in [2.05, 4.69) is 39.9 Å². The molecule has 0 amide bonds. The minimum Gasteiger partial charge on any atom is -0.542 e. The molecule has 0 spiro atoms. The van der Waals surface area contributed by atoms with Gasteiger partial charge in [-0.2, -0.15) is 107 Å². The van der Waals surface area contributed by atoms with E-state index < -0.39 is 85.0 Å². The van der Waals surface area contributed by atoms with Crippen LogP contribution in [0.2, 0.25) is 0 Å². The molecule has 0 atom stereocenters. The number of nitrogen functional groups attached to an aromatic ring is 4. The van der Waals surface area contributed by atoms with E-state index in [9.17, 15) is 92.2 Å². The Hall–Kier alpha value is -9.66. The first kappa shape index (κ1) is 73.9. The molecule has 15 N–H and O–H groups in total. The number of hydrogen-bond donors (Lipinski definition) is 10. The Balaban J connectivity index is -0.000000450. The normalized spacial score (nSPS) is 11.1. The molecule has 77 heavy (non-hydrogen) atoms. The standard InChI is InChI=1S/C16H14N12.7C2HF3O2/c17-13-23-11(24-14(18)27-13)7-1-3-21-9(5-7)10-6-8(2-4-22-10)12-25-15(19)28-16(20)26-12;7*3-2(4,5)1(6)7/h1-6H,(H4,17,18,23,24,27)(H4,19,20,25,26,28);7*(H,6,7). The van der Waals surface area contributed by atoms with Crippen LogP contribution in [0.4, 0.5) is 116 Å². The number of aromatic nitrogens is 8. The van der Waals surface area contributed by atoms with Gasteiger partial charge in [0.05, 0.1) is 11.4 Å². The number of aliphatic carboxylic acids is 7. The van der Waals surface area contributed by atoms with Crippen LogP contribution >= 0.6 is 0 Å². The molecule has 4 heterocycles. The van der Waals surface area contributed by atoms with Crippen molar-refractivity contribution in [3.05, 3.63) is 36.7 Å². The van der Waals surface area contributed by atoms with Crippen molar-refractivity contribution in [1.29, 1.82) is 0 Å². The summed E-state index contributed by atoms with van der Waals surface area (Å²) in [4.78, 5) is 93.8. The molecule has 0 fully saturated rings. The van der Waals surface area contributed by atoms with Crippen molar-refractivity contribution in [2.75, 3.05) is 22.9 Å². The number of aromatic amines is 1. The molecule has 0 aliphatic carbocycles. The first-order chi connectivity index (χ1) is 34.1. The minimum absolute atomic E-state index is 0.0363. The molecule has 0 unspecified atom stereocenters. The number of carbonyl (C=O) groups is 7. The predicted octanol–water partition coefficient (Wildman–Crippen LogP) is 2.69. The maximum atomic E-state index is 10.6. The zero-order chi connectivity index (χ0) is 62.2. The van der Waals surface area contributed by atoms with Gasteiger partial charge in [-0.1, -0.05) is 9.97 Å². The molecular weight excluding hydrogens is 1150 g/mol. The highest BCUT2D eigenvalue weighted by molar-refractivity contribution is 5.75. The van der Waals surface area contributed by atoms with Crippen LogP contribution in [0.15, 0.2) is 36.7 Å². The molecule has 4 aromatic rings. The van der Waals surface area contributed by atoms with Crippen molar-refractivity contribution < 1.29 is 166 Å². The summed E-state index contributed by atoms with van der Waals surface area (Å²) in [5.41, 5.74) is 25.2. The molecule has 0 bridgehead atoms. The van der Waals surface area contributed by atoms with Gasteiger partial charge in [0.25, 0.3) is 5.82 Å². The van der Waals surface area contributed by atoms with Crippen LogP contribution in [0.25, 0.3) is 34.2 Å². The summed E-state index contributed by atoms with van der Waals surface area (Å²) >= 11 is 0. The number of anilines is 4. The van der Waals surface area contributed by atoms with E-state index in [0.29, 0.717) is 34.2 Å². The molecule has 0 saturated heterocycles. The Morgan fingerprint density at radius 3 is 0.766 bits per heavy atom. The molecule has 47 heteroatoms. The number of H-pyrrole nitrogens is 1. The Morgan fingerprint density at radius 1 is 0.390 bits per heavy atom. The average Bonchev–Trinajstić information content (AvgIpc) is 3.22. The van der Waals surface area contributed by atoms with E-state index >= 15 is 0 Å². The van der Waals surface area contributed by atoms with Crippen LogP contribution in [0.1, 0.15) is 0 Å². The number of pyridine rings is 2. The van der Waals surface area contributed by atoms with Gasteiger partial charge in [0, 0.05) is 23.5 Å². The maximum absolute atomic E-state index is 10.6. The summed E-state index contributed by atoms with van der Waals surface area (Å²) in [6.45, 7) is 0. The van der Waals surface area contributed by atoms with E-state index in [4.69, 9.17) is 92.2 Å². The Kier molecular flexibility index (Phi) is 28.7. The van der Waals surface area contributed by atoms with Crippen LogP contribution in [0.3, 0.4) is 0 Å². The number of hydrogen-bond acceptors (Lipinski definition) is 19. The zero-order valence-corrected chi connectivity index (χ0v) is 35.3. The lowest BCUT2D eigenvalue weighted by molar-refractivity contribution is -0.350. The van der Waals surface area contributed by atoms with Gasteiger partial charge in [0.2, 0.25) is 11.9 Å². The molecule has 0 radical (unpaired) electrons. The molecule has 26 nitrogen and oxygen atoms in total. The fourth-order valence-electron chi connectivity index (χ4n) is 2.53. The molecule has 432 valence electrons. The monoisotopic (exact) mass is 1170 g/mol. The van der Waals surface area contributed by atoms with Gasteiger partial charge in [-0.25, -0.2) is 33.8 Å². The molecule has 4 aromatic heterocycles. The quantitative estimate of drug-likeness (QED) is 0.132. The highest BCUT2D eigenvalue weighted by Crippen LogP contribution is 2.25. The van der Waals surface area contributed by atoms with Gasteiger partial charge < -0.3 is 63.5 Å². The van der Waals surface area contributed by atoms with E-state index in [-0.39, 0.29) is 23.8 Å². The van der Waals surface area contributed by atoms with Gasteiger partial charge in [-0.05, 0) is 24.3 Å². The lowest BCUT2D eigenvalue weighted by Crippen LogP contribution is -2.37. The van der Waals surface area contributed by atoms with Crippen molar-refractivity contribution in [3.8, 4) is 34.2 Å². The van der Waals surface area contributed by atoms with Crippen LogP contribution in [0.5, 0.6) is 0 Å². The van der Waals surface area contributed by atoms with Gasteiger partial charge in [0.1, 0.15) is 5.97 Å². The number of carbonyl (C=O) groups excluding carboxylic acids is 1. The number of carboxylic acid groups (broad SMARTS) is 7. The Morgan fingerprint density at radius 2 is 0.584 bits per heavy atom. The van der Waals surface area contributed by atoms with Crippen LogP contribution in [-0.4, -0.2) is 151 Å². The van der Waals surface area contributed by atoms with Crippen LogP contribution in [0, 0.1) is 0 Å². The zero-order valence-electron chi connectivity index (χ0n) is 35.3. The van der Waals surface area contributed by atoms with Gasteiger partial charge in [0.15, 0.2) is 5.82 Å². The average molecular weight is 1170 g/mol. The van der Waals surface area contributed by atoms with E-state index in [1.807, 2.05) is 0 Å². The number of alkyl halides is 21. The molecule has 0 aliphatic heterocycles. The smallest absolute Gasteiger partial charge is 0.490 e. The van der Waals surface area contributed by atoms with Gasteiger partial charge in [-0.3, -0.25) is 9.97 Å². The number of halogens is 21. The summed E-state index contributed by atoms with van der Waals surface area (Å²) in [7, 11) is 0. The molecule has 0 aliphatic rings. The fraction of sp³-hybridized carbons (Fsp3) is 0.233. The molecular formula is C30H21F21N12O14. The Labute approximate surface area is 404 Å². The van der Waals surface area contributed by atoms with Crippen molar-refractivity contribution in [2.45, 2.75) is 43.2 Å². The van der Waals surface area contributed by atoms with E-state index in [1.54, 1.807) is 36.7 Å². The Bertz CT molecular complexity index is 2260. The van der Waals surface area contributed by atoms with Crippen LogP contribution in [-0.2, 0) is 33.6 Å². The third kappa shape index (κ3) is 35.2. The number of carboxylic acids is 7. The number of nitrogens with two attached hydrogens (primary N) is 4. The van der Waals surface area contributed by atoms with Gasteiger partial charge >= 0.3 is 90.9 Å². The van der Waals surface area contributed by atoms with E-state index in [1.165, 1.54) is 0 Å². The first-order valence-electron chi connectivity index (χ1n) is 16.7. The third-order valence-corrected chi connectivity index (χ3v) is 5.36. The van der Waals surface area contributed by atoms with Crippen molar-refractivity contribution in [2.24, 2.45) is 0 Å². The highest BCUT2D eigenvalue weighted by atomic mass is 19.4. The lowest BCUT2D eigenvalue weighted by Gasteiger charge is -2.05. The second-order valence-electron chi connectivity index (χ2n) is 11.3. The van der Waals surface area contributed by atoms with Crippen molar-refractivity contribution in [3.63, 3.8) is 0 Å². The van der Waals surface area contributed by atoms with Gasteiger partial charge in [-0.15, -0.1) is 0 Å². The topological polar surface area (TPSA) is 472 Å². The van der Waals surface area contributed by atoms with Crippen molar-refractivity contribution in [1.82, 2.24) is 34.9 Å². The molecule has 4 rings (SSSR count). The SMILES string of the molecule is Nc1nc(N)nc(-c2ccnc(-c3cc(-c4nc(N)[nH+]c(N)n4)ccn3)c2)n1.O=C(O)C(F)(F)F.O=C(O)C(F)(F)F.O=C(O)C(F)(F)F.O=C(O)C(F)(F)F.O=C(O)C(F)(F)F.O=C(O)C(F)(F)F.O=C([O-])C(F)(F)F. The van der Waals surface area contributed by atoms with E-state index in [0.717, 1.165) is 0 Å². The maximum Gasteiger partial charge on any atom is 0.490 e. The number of nitrogens with one attached hydrogen (secondary N) is 1. The summed E-state index contributed by atoms with van der Waals surface area (Å²) in [6, 6.07) is 7.02. The fourth-order valence-corrected chi connectivity index (χ4v) is 2.53. The van der Waals surface area contributed by atoms with Crippen molar-refractivity contribution >= 4 is 65.6 Å². The first-order valence-corrected chi connectivity index (χ1v) is 16.7. The predicted molar refractivity (Wildman–Crippen MR) is 195 cm³/mol. The summed E-state index contributed by atoms with van der Waals surface area (Å²) in [5.74, 6) is -18.5. The number of rotatable bonds is 3. The number of nitrogens with zero attached hydrogens (tertiary/aromatic N) is 7. The lowest BCUT2D eigenvalue weighted by atomic mass is 10.1. The molecule has 0 aromatic carbocycles. The second kappa shape index (κ2) is 29.9.